The second-order valence-corrected chi connectivity index (χ2v) is 6.07. The highest BCUT2D eigenvalue weighted by Gasteiger charge is 2.04. The lowest BCUT2D eigenvalue weighted by Crippen LogP contribution is -2.01. The minimum atomic E-state index is 0.667. The van der Waals surface area contributed by atoms with E-state index in [2.05, 4.69) is 43.1 Å². The first-order chi connectivity index (χ1) is 8.69. The first-order valence-electron chi connectivity index (χ1n) is 6.43. The van der Waals surface area contributed by atoms with E-state index in [9.17, 15) is 0 Å². The number of benzene rings is 1. The molecule has 0 spiro atoms. The number of hydrogen-bond donors (Lipinski definition) is 1. The van der Waals surface area contributed by atoms with Crippen molar-refractivity contribution in [2.24, 2.45) is 11.7 Å². The zero-order valence-corrected chi connectivity index (χ0v) is 11.8. The van der Waals surface area contributed by atoms with E-state index in [0.717, 1.165) is 17.8 Å². The topological polar surface area (TPSA) is 38.9 Å². The number of nitrogens with two attached hydrogens (primary N) is 1. The molecular weight excluding hydrogens is 240 g/mol. The number of hydrogen-bond acceptors (Lipinski definition) is 3. The van der Waals surface area contributed by atoms with E-state index in [-0.39, 0.29) is 0 Å². The quantitative estimate of drug-likeness (QED) is 0.893. The molecule has 0 bridgehead atoms. The lowest BCUT2D eigenvalue weighted by Gasteiger charge is -2.05. The molecule has 0 saturated carbocycles. The van der Waals surface area contributed by atoms with Gasteiger partial charge in [-0.25, -0.2) is 4.98 Å². The van der Waals surface area contributed by atoms with Crippen LogP contribution < -0.4 is 5.73 Å². The first-order valence-corrected chi connectivity index (χ1v) is 7.24. The Labute approximate surface area is 113 Å². The van der Waals surface area contributed by atoms with Gasteiger partial charge in [-0.15, -0.1) is 11.3 Å². The minimum Gasteiger partial charge on any atom is -0.330 e. The Morgan fingerprint density at radius 1 is 1.22 bits per heavy atom. The van der Waals surface area contributed by atoms with Crippen LogP contribution in [-0.2, 0) is 12.8 Å². The number of nitrogens with zero attached hydrogens (tertiary/aromatic N) is 1. The van der Waals surface area contributed by atoms with Gasteiger partial charge in [-0.1, -0.05) is 38.1 Å². The van der Waals surface area contributed by atoms with Crippen LogP contribution in [0.4, 0.5) is 0 Å². The van der Waals surface area contributed by atoms with Gasteiger partial charge in [-0.3, -0.25) is 0 Å². The third-order valence-electron chi connectivity index (χ3n) is 2.79. The molecule has 0 aliphatic heterocycles. The summed E-state index contributed by atoms with van der Waals surface area (Å²) in [7, 11) is 0. The molecule has 2 N–H and O–H groups in total. The Morgan fingerprint density at radius 3 is 2.56 bits per heavy atom. The molecule has 0 amide bonds. The maximum atomic E-state index is 5.54. The Hall–Kier alpha value is -1.19. The van der Waals surface area contributed by atoms with Crippen molar-refractivity contribution in [3.05, 3.63) is 41.0 Å². The highest BCUT2D eigenvalue weighted by atomic mass is 32.1. The summed E-state index contributed by atoms with van der Waals surface area (Å²) in [6.45, 7) is 5.16. The molecule has 0 atom stereocenters. The Morgan fingerprint density at radius 2 is 1.94 bits per heavy atom. The van der Waals surface area contributed by atoms with Gasteiger partial charge in [0, 0.05) is 12.6 Å². The highest BCUT2D eigenvalue weighted by Crippen LogP contribution is 2.26. The summed E-state index contributed by atoms with van der Waals surface area (Å²) in [5.74, 6) is 0.704. The van der Waals surface area contributed by atoms with Gasteiger partial charge in [0.25, 0.3) is 0 Å². The van der Waals surface area contributed by atoms with Crippen molar-refractivity contribution in [2.75, 3.05) is 6.54 Å². The van der Waals surface area contributed by atoms with E-state index in [1.807, 2.05) is 6.20 Å². The molecule has 3 heteroatoms. The van der Waals surface area contributed by atoms with E-state index in [4.69, 9.17) is 5.73 Å². The van der Waals surface area contributed by atoms with Crippen LogP contribution in [0.2, 0.25) is 0 Å². The van der Waals surface area contributed by atoms with E-state index in [1.165, 1.54) is 16.0 Å². The van der Waals surface area contributed by atoms with Gasteiger partial charge in [0.1, 0.15) is 0 Å². The van der Waals surface area contributed by atoms with Crippen LogP contribution in [-0.4, -0.2) is 11.5 Å². The molecule has 0 fully saturated rings. The van der Waals surface area contributed by atoms with Crippen LogP contribution in [0, 0.1) is 5.92 Å². The highest BCUT2D eigenvalue weighted by molar-refractivity contribution is 7.15. The Kier molecular flexibility index (Phi) is 4.50. The van der Waals surface area contributed by atoms with Crippen LogP contribution in [0.1, 0.15) is 24.4 Å². The zero-order chi connectivity index (χ0) is 13.0. The Balaban J connectivity index is 2.12. The van der Waals surface area contributed by atoms with E-state index in [0.29, 0.717) is 12.5 Å². The number of aromatic nitrogens is 1. The fourth-order valence-corrected chi connectivity index (χ4v) is 2.90. The molecular formula is C15H20N2S. The number of thiazole rings is 1. The average molecular weight is 260 g/mol. The molecule has 1 aromatic carbocycles. The third-order valence-corrected chi connectivity index (χ3v) is 3.90. The van der Waals surface area contributed by atoms with Gasteiger partial charge in [0.15, 0.2) is 0 Å². The van der Waals surface area contributed by atoms with Crippen LogP contribution in [0.25, 0.3) is 10.4 Å². The normalized spacial score (nSPS) is 11.1. The number of rotatable bonds is 5. The lowest BCUT2D eigenvalue weighted by atomic mass is 10.0. The summed E-state index contributed by atoms with van der Waals surface area (Å²) in [5, 5.41) is 1.12. The smallest absolute Gasteiger partial charge is 0.0943 e. The van der Waals surface area contributed by atoms with Gasteiger partial charge >= 0.3 is 0 Å². The molecule has 0 aliphatic rings. The largest absolute Gasteiger partial charge is 0.330 e. The summed E-state index contributed by atoms with van der Waals surface area (Å²) in [5.41, 5.74) is 8.20. The maximum Gasteiger partial charge on any atom is 0.0943 e. The van der Waals surface area contributed by atoms with Crippen molar-refractivity contribution >= 4 is 11.3 Å². The van der Waals surface area contributed by atoms with Gasteiger partial charge in [-0.05, 0) is 30.0 Å². The zero-order valence-electron chi connectivity index (χ0n) is 11.0. The summed E-state index contributed by atoms with van der Waals surface area (Å²) in [6, 6.07) is 8.82. The molecule has 0 saturated heterocycles. The molecule has 96 valence electrons. The monoisotopic (exact) mass is 260 g/mol. The predicted octanol–water partition coefficient (Wildman–Crippen LogP) is 3.51. The van der Waals surface area contributed by atoms with E-state index in [1.54, 1.807) is 11.3 Å². The summed E-state index contributed by atoms with van der Waals surface area (Å²) < 4.78 is 0. The van der Waals surface area contributed by atoms with Crippen molar-refractivity contribution in [3.63, 3.8) is 0 Å². The van der Waals surface area contributed by atoms with Gasteiger partial charge < -0.3 is 5.73 Å². The Bertz CT molecular complexity index is 485. The van der Waals surface area contributed by atoms with Crippen LogP contribution in [0.15, 0.2) is 30.5 Å². The molecule has 18 heavy (non-hydrogen) atoms. The SMILES string of the molecule is CC(C)Cc1ccc(-c2cnc(CCN)s2)cc1. The van der Waals surface area contributed by atoms with Gasteiger partial charge in [0.05, 0.1) is 9.88 Å². The van der Waals surface area contributed by atoms with Crippen molar-refractivity contribution in [2.45, 2.75) is 26.7 Å². The summed E-state index contributed by atoms with van der Waals surface area (Å²) in [6.07, 6.45) is 3.96. The molecule has 2 nitrogen and oxygen atoms in total. The second kappa shape index (κ2) is 6.12. The predicted molar refractivity (Wildman–Crippen MR) is 78.9 cm³/mol. The molecule has 0 unspecified atom stereocenters. The van der Waals surface area contributed by atoms with Crippen molar-refractivity contribution in [3.8, 4) is 10.4 Å². The lowest BCUT2D eigenvalue weighted by molar-refractivity contribution is 0.647. The molecule has 2 aromatic rings. The average Bonchev–Trinajstić information content (AvgIpc) is 2.78. The second-order valence-electron chi connectivity index (χ2n) is 4.95. The molecule has 1 heterocycles. The molecule has 0 radical (unpaired) electrons. The fourth-order valence-electron chi connectivity index (χ4n) is 1.96. The van der Waals surface area contributed by atoms with Gasteiger partial charge in [0.2, 0.25) is 0 Å². The first kappa shape index (κ1) is 13.2. The summed E-state index contributed by atoms with van der Waals surface area (Å²) >= 11 is 1.74. The minimum absolute atomic E-state index is 0.667. The maximum absolute atomic E-state index is 5.54. The third kappa shape index (κ3) is 3.40. The van der Waals surface area contributed by atoms with Gasteiger partial charge in [-0.2, -0.15) is 0 Å². The van der Waals surface area contributed by atoms with Crippen LogP contribution in [0.5, 0.6) is 0 Å². The van der Waals surface area contributed by atoms with Crippen LogP contribution >= 0.6 is 11.3 Å². The fraction of sp³-hybridized carbons (Fsp3) is 0.400. The molecule has 1 aromatic heterocycles. The van der Waals surface area contributed by atoms with E-state index < -0.39 is 0 Å². The van der Waals surface area contributed by atoms with Crippen molar-refractivity contribution in [1.82, 2.24) is 4.98 Å². The van der Waals surface area contributed by atoms with Crippen molar-refractivity contribution < 1.29 is 0 Å². The standard InChI is InChI=1S/C15H20N2S/c1-11(2)9-12-3-5-13(6-4-12)14-10-17-15(18-14)7-8-16/h3-6,10-11H,7-9,16H2,1-2H3. The summed E-state index contributed by atoms with van der Waals surface area (Å²) in [4.78, 5) is 5.62. The molecule has 2 rings (SSSR count). The molecule has 0 aliphatic carbocycles. The van der Waals surface area contributed by atoms with Crippen molar-refractivity contribution in [1.29, 1.82) is 0 Å². The van der Waals surface area contributed by atoms with Crippen LogP contribution in [0.3, 0.4) is 0 Å². The van der Waals surface area contributed by atoms with E-state index >= 15 is 0 Å².